The predicted molar refractivity (Wildman–Crippen MR) is 55.4 cm³/mol. The molecule has 0 saturated heterocycles. The quantitative estimate of drug-likeness (QED) is 0.402. The third-order valence-corrected chi connectivity index (χ3v) is 3.79. The molecule has 0 amide bonds. The van der Waals surface area contributed by atoms with Crippen LogP contribution in [0, 0.1) is 23.7 Å². The number of carbonyl (C=O) groups excluding carboxylic acids is 3. The minimum atomic E-state index is -0.434. The summed E-state index contributed by atoms with van der Waals surface area (Å²) < 4.78 is 5.03. The van der Waals surface area contributed by atoms with Crippen LogP contribution in [0.5, 0.6) is 0 Å². The molecule has 0 aromatic heterocycles. The number of hydrogen-bond donors (Lipinski definition) is 0. The lowest BCUT2D eigenvalue weighted by molar-refractivity contribution is -0.126. The minimum absolute atomic E-state index is 0.00808. The molecule has 2 aliphatic carbocycles. The van der Waals surface area contributed by atoms with Crippen LogP contribution in [0.1, 0.15) is 12.8 Å². The Bertz CT molecular complexity index is 371. The Labute approximate surface area is 93.7 Å². The summed E-state index contributed by atoms with van der Waals surface area (Å²) in [5.74, 6) is -0.984. The molecule has 4 atom stereocenters. The number of rotatable bonds is 3. The van der Waals surface area contributed by atoms with Crippen LogP contribution in [-0.2, 0) is 19.1 Å². The van der Waals surface area contributed by atoms with Crippen molar-refractivity contribution < 1.29 is 19.1 Å². The van der Waals surface area contributed by atoms with Gasteiger partial charge < -0.3 is 9.53 Å². The second-order valence-electron chi connectivity index (χ2n) is 4.47. The summed E-state index contributed by atoms with van der Waals surface area (Å²) in [5.41, 5.74) is 0. The first kappa shape index (κ1) is 11.0. The molecule has 0 aromatic rings. The summed E-state index contributed by atoms with van der Waals surface area (Å²) in [5, 5.41) is 0. The molecule has 0 aromatic carbocycles. The Balaban J connectivity index is 2.29. The fourth-order valence-electron chi connectivity index (χ4n) is 2.96. The van der Waals surface area contributed by atoms with E-state index in [9.17, 15) is 14.4 Å². The monoisotopic (exact) mass is 222 g/mol. The molecule has 2 fully saturated rings. The molecule has 4 heteroatoms. The highest BCUT2D eigenvalue weighted by Crippen LogP contribution is 2.48. The van der Waals surface area contributed by atoms with Crippen LogP contribution in [-0.4, -0.2) is 25.0 Å². The Morgan fingerprint density at radius 3 is 2.69 bits per heavy atom. The van der Waals surface area contributed by atoms with Crippen LogP contribution < -0.4 is 0 Å². The topological polar surface area (TPSA) is 60.4 Å². The van der Waals surface area contributed by atoms with Crippen molar-refractivity contribution >= 4 is 17.9 Å². The molecule has 0 heterocycles. The van der Waals surface area contributed by atoms with E-state index >= 15 is 0 Å². The third-order valence-electron chi connectivity index (χ3n) is 3.79. The van der Waals surface area contributed by atoms with Gasteiger partial charge in [-0.15, -0.1) is 0 Å². The summed E-state index contributed by atoms with van der Waals surface area (Å²) in [7, 11) is 1.49. The number of allylic oxidation sites excluding steroid dienone is 1. The lowest BCUT2D eigenvalue weighted by Gasteiger charge is -2.18. The molecule has 2 saturated carbocycles. The fraction of sp³-hybridized carbons (Fsp3) is 0.583. The summed E-state index contributed by atoms with van der Waals surface area (Å²) in [6.45, 7) is 3.73. The van der Waals surface area contributed by atoms with Crippen LogP contribution in [0.15, 0.2) is 12.3 Å². The lowest BCUT2D eigenvalue weighted by atomic mass is 9.87. The molecule has 0 aliphatic heterocycles. The maximum Gasteiger partial charge on any atom is 0.144 e. The molecule has 0 bridgehead atoms. The zero-order valence-corrected chi connectivity index (χ0v) is 9.14. The first-order valence-corrected chi connectivity index (χ1v) is 5.33. The summed E-state index contributed by atoms with van der Waals surface area (Å²) >= 11 is 0. The zero-order chi connectivity index (χ0) is 11.9. The number of methoxy groups -OCH3 is 1. The molecule has 2 rings (SSSR count). The molecule has 0 N–H and O–H groups in total. The Kier molecular flexibility index (Phi) is 2.66. The standard InChI is InChI=1S/C12H14O4/c1-6(16-2)7-3-8-10(14)4-11(15)12(8)9(7)5-13/h5,7-9,12H,1,3-4H2,2H3. The maximum absolute atomic E-state index is 11.6. The number of ether oxygens (including phenoxy) is 1. The van der Waals surface area contributed by atoms with Gasteiger partial charge >= 0.3 is 0 Å². The molecule has 0 radical (unpaired) electrons. The molecule has 0 spiro atoms. The van der Waals surface area contributed by atoms with E-state index in [1.54, 1.807) is 0 Å². The van der Waals surface area contributed by atoms with Crippen molar-refractivity contribution in [3.8, 4) is 0 Å². The normalized spacial score (nSPS) is 37.3. The molecule has 4 nitrogen and oxygen atoms in total. The smallest absolute Gasteiger partial charge is 0.144 e. The van der Waals surface area contributed by atoms with Crippen molar-refractivity contribution in [3.05, 3.63) is 12.3 Å². The summed E-state index contributed by atoms with van der Waals surface area (Å²) in [6, 6.07) is 0. The number of hydrogen-bond acceptors (Lipinski definition) is 4. The summed E-state index contributed by atoms with van der Waals surface area (Å²) in [4.78, 5) is 34.3. The van der Waals surface area contributed by atoms with Crippen molar-refractivity contribution in [2.75, 3.05) is 7.11 Å². The van der Waals surface area contributed by atoms with Crippen molar-refractivity contribution in [3.63, 3.8) is 0 Å². The van der Waals surface area contributed by atoms with Crippen molar-refractivity contribution in [2.45, 2.75) is 12.8 Å². The van der Waals surface area contributed by atoms with E-state index in [2.05, 4.69) is 6.58 Å². The zero-order valence-electron chi connectivity index (χ0n) is 9.14. The third kappa shape index (κ3) is 1.40. The highest BCUT2D eigenvalue weighted by atomic mass is 16.5. The van der Waals surface area contributed by atoms with Crippen LogP contribution in [0.25, 0.3) is 0 Å². The fourth-order valence-corrected chi connectivity index (χ4v) is 2.96. The number of Topliss-reactive ketones (excluding diaryl/α,β-unsaturated/α-hetero) is 2. The van der Waals surface area contributed by atoms with Gasteiger partial charge in [0.15, 0.2) is 0 Å². The highest BCUT2D eigenvalue weighted by Gasteiger charge is 2.54. The maximum atomic E-state index is 11.6. The van der Waals surface area contributed by atoms with Gasteiger partial charge in [0.25, 0.3) is 0 Å². The van der Waals surface area contributed by atoms with Gasteiger partial charge in [-0.05, 0) is 6.42 Å². The lowest BCUT2D eigenvalue weighted by Crippen LogP contribution is -2.23. The van der Waals surface area contributed by atoms with E-state index in [1.165, 1.54) is 7.11 Å². The first-order chi connectivity index (χ1) is 7.60. The van der Waals surface area contributed by atoms with E-state index in [-0.39, 0.29) is 29.8 Å². The molecular formula is C12H14O4. The van der Waals surface area contributed by atoms with Crippen LogP contribution in [0.4, 0.5) is 0 Å². The minimum Gasteiger partial charge on any atom is -0.501 e. The van der Waals surface area contributed by atoms with E-state index in [1.807, 2.05) is 0 Å². The second-order valence-corrected chi connectivity index (χ2v) is 4.47. The average Bonchev–Trinajstić information content (AvgIpc) is 2.77. The van der Waals surface area contributed by atoms with Crippen molar-refractivity contribution in [1.82, 2.24) is 0 Å². The van der Waals surface area contributed by atoms with Gasteiger partial charge in [-0.3, -0.25) is 9.59 Å². The van der Waals surface area contributed by atoms with Crippen LogP contribution in [0.3, 0.4) is 0 Å². The number of ketones is 2. The Morgan fingerprint density at radius 1 is 1.44 bits per heavy atom. The molecule has 16 heavy (non-hydrogen) atoms. The number of aldehydes is 1. The molecule has 86 valence electrons. The molecular weight excluding hydrogens is 208 g/mol. The van der Waals surface area contributed by atoms with Gasteiger partial charge in [0, 0.05) is 23.7 Å². The van der Waals surface area contributed by atoms with Gasteiger partial charge in [0.2, 0.25) is 0 Å². The Morgan fingerprint density at radius 2 is 2.12 bits per heavy atom. The van der Waals surface area contributed by atoms with Gasteiger partial charge in [-0.2, -0.15) is 0 Å². The SMILES string of the molecule is C=C(OC)C1CC2C(=O)CC(=O)C2C1C=O. The largest absolute Gasteiger partial charge is 0.501 e. The summed E-state index contributed by atoms with van der Waals surface area (Å²) in [6.07, 6.45) is 1.28. The van der Waals surface area contributed by atoms with E-state index in [0.717, 1.165) is 6.29 Å². The van der Waals surface area contributed by atoms with Gasteiger partial charge in [-0.25, -0.2) is 0 Å². The number of fused-ring (bicyclic) bond motifs is 1. The average molecular weight is 222 g/mol. The van der Waals surface area contributed by atoms with Gasteiger partial charge in [-0.1, -0.05) is 6.58 Å². The molecule has 2 aliphatic rings. The van der Waals surface area contributed by atoms with E-state index in [4.69, 9.17) is 4.74 Å². The van der Waals surface area contributed by atoms with Crippen molar-refractivity contribution in [2.24, 2.45) is 23.7 Å². The predicted octanol–water partition coefficient (Wildman–Crippen LogP) is 0.756. The first-order valence-electron chi connectivity index (χ1n) is 5.33. The van der Waals surface area contributed by atoms with Gasteiger partial charge in [0.1, 0.15) is 17.9 Å². The Hall–Kier alpha value is -1.45. The van der Waals surface area contributed by atoms with Crippen molar-refractivity contribution in [1.29, 1.82) is 0 Å². The highest BCUT2D eigenvalue weighted by molar-refractivity contribution is 6.10. The van der Waals surface area contributed by atoms with Crippen LogP contribution in [0.2, 0.25) is 0 Å². The molecule has 4 unspecified atom stereocenters. The van der Waals surface area contributed by atoms with E-state index in [0.29, 0.717) is 12.2 Å². The second kappa shape index (κ2) is 3.85. The van der Waals surface area contributed by atoms with Crippen LogP contribution >= 0.6 is 0 Å². The van der Waals surface area contributed by atoms with Gasteiger partial charge in [0.05, 0.1) is 19.3 Å². The number of carbonyl (C=O) groups is 3. The van der Waals surface area contributed by atoms with E-state index < -0.39 is 11.8 Å².